The molecule has 0 fully saturated rings. The van der Waals surface area contributed by atoms with Crippen LogP contribution in [-0.4, -0.2) is 23.5 Å². The van der Waals surface area contributed by atoms with E-state index in [9.17, 15) is 4.39 Å². The maximum absolute atomic E-state index is 13.3. The third-order valence-electron chi connectivity index (χ3n) is 2.99. The van der Waals surface area contributed by atoms with Gasteiger partial charge < -0.3 is 5.32 Å². The van der Waals surface area contributed by atoms with Crippen molar-refractivity contribution in [3.8, 4) is 0 Å². The summed E-state index contributed by atoms with van der Waals surface area (Å²) in [7, 11) is 0. The zero-order valence-corrected chi connectivity index (χ0v) is 12.2. The molecule has 1 aromatic heterocycles. The number of hydrogen-bond acceptors (Lipinski definition) is 3. The molecule has 1 aromatic carbocycles. The lowest BCUT2D eigenvalue weighted by molar-refractivity contribution is 0.629. The third-order valence-corrected chi connectivity index (χ3v) is 3.69. The number of pyridine rings is 1. The first-order valence-electron chi connectivity index (χ1n) is 6.50. The third kappa shape index (κ3) is 3.83. The SMILES string of the molecule is CSCCCCNc1cc(C)nc2ccc(F)cc12. The van der Waals surface area contributed by atoms with E-state index in [1.54, 1.807) is 12.1 Å². The average Bonchev–Trinajstić information content (AvgIpc) is 2.39. The van der Waals surface area contributed by atoms with Crippen LogP contribution in [0.2, 0.25) is 0 Å². The van der Waals surface area contributed by atoms with E-state index in [1.165, 1.54) is 18.2 Å². The van der Waals surface area contributed by atoms with E-state index in [1.807, 2.05) is 24.8 Å². The molecule has 1 N–H and O–H groups in total. The number of fused-ring (bicyclic) bond motifs is 1. The van der Waals surface area contributed by atoms with Crippen LogP contribution in [-0.2, 0) is 0 Å². The Morgan fingerprint density at radius 3 is 2.89 bits per heavy atom. The molecule has 0 aliphatic heterocycles. The normalized spacial score (nSPS) is 10.9. The highest BCUT2D eigenvalue weighted by Gasteiger charge is 2.05. The van der Waals surface area contributed by atoms with Crippen LogP contribution in [0.5, 0.6) is 0 Å². The highest BCUT2D eigenvalue weighted by Crippen LogP contribution is 2.24. The minimum Gasteiger partial charge on any atom is -0.384 e. The second-order valence-electron chi connectivity index (χ2n) is 4.60. The molecule has 0 atom stereocenters. The van der Waals surface area contributed by atoms with Crippen molar-refractivity contribution in [3.63, 3.8) is 0 Å². The van der Waals surface area contributed by atoms with Gasteiger partial charge in [0.2, 0.25) is 0 Å². The van der Waals surface area contributed by atoms with Gasteiger partial charge in [0.15, 0.2) is 0 Å². The number of hydrogen-bond donors (Lipinski definition) is 1. The highest BCUT2D eigenvalue weighted by molar-refractivity contribution is 7.98. The summed E-state index contributed by atoms with van der Waals surface area (Å²) in [5.74, 6) is 0.968. The highest BCUT2D eigenvalue weighted by atomic mass is 32.2. The predicted molar refractivity (Wildman–Crippen MR) is 82.5 cm³/mol. The summed E-state index contributed by atoms with van der Waals surface area (Å²) in [6.45, 7) is 2.87. The molecule has 0 unspecified atom stereocenters. The molecule has 1 heterocycles. The summed E-state index contributed by atoms with van der Waals surface area (Å²) in [5.41, 5.74) is 2.77. The van der Waals surface area contributed by atoms with E-state index in [-0.39, 0.29) is 5.82 Å². The van der Waals surface area contributed by atoms with Crippen LogP contribution >= 0.6 is 11.8 Å². The monoisotopic (exact) mass is 278 g/mol. The number of nitrogens with one attached hydrogen (secondary N) is 1. The van der Waals surface area contributed by atoms with Gasteiger partial charge in [0.05, 0.1) is 5.52 Å². The molecule has 0 aliphatic rings. The van der Waals surface area contributed by atoms with Crippen LogP contribution in [0.15, 0.2) is 24.3 Å². The topological polar surface area (TPSA) is 24.9 Å². The van der Waals surface area contributed by atoms with Gasteiger partial charge in [0.25, 0.3) is 0 Å². The predicted octanol–water partition coefficient (Wildman–Crippen LogP) is 4.24. The molecule has 2 nitrogen and oxygen atoms in total. The summed E-state index contributed by atoms with van der Waals surface area (Å²) in [6, 6.07) is 6.72. The van der Waals surface area contributed by atoms with E-state index in [0.29, 0.717) is 0 Å². The summed E-state index contributed by atoms with van der Waals surface area (Å²) in [4.78, 5) is 4.43. The lowest BCUT2D eigenvalue weighted by atomic mass is 10.1. The van der Waals surface area contributed by atoms with Gasteiger partial charge >= 0.3 is 0 Å². The molecule has 102 valence electrons. The van der Waals surface area contributed by atoms with E-state index < -0.39 is 0 Å². The van der Waals surface area contributed by atoms with Gasteiger partial charge in [0.1, 0.15) is 5.82 Å². The summed E-state index contributed by atoms with van der Waals surface area (Å²) >= 11 is 1.87. The quantitative estimate of drug-likeness (QED) is 0.800. The number of unbranched alkanes of at least 4 members (excludes halogenated alkanes) is 1. The Hall–Kier alpha value is -1.29. The molecule has 0 bridgehead atoms. The summed E-state index contributed by atoms with van der Waals surface area (Å²) < 4.78 is 13.3. The van der Waals surface area contributed by atoms with E-state index in [4.69, 9.17) is 0 Å². The Morgan fingerprint density at radius 1 is 1.26 bits per heavy atom. The molecule has 0 spiro atoms. The number of halogens is 1. The average molecular weight is 278 g/mol. The van der Waals surface area contributed by atoms with Gasteiger partial charge in [-0.25, -0.2) is 4.39 Å². The molecule has 2 aromatic rings. The number of anilines is 1. The molecule has 2 rings (SSSR count). The maximum Gasteiger partial charge on any atom is 0.124 e. The maximum atomic E-state index is 13.3. The molecular formula is C15H19FN2S. The molecule has 19 heavy (non-hydrogen) atoms. The van der Waals surface area contributed by atoms with Crippen LogP contribution in [0.4, 0.5) is 10.1 Å². The van der Waals surface area contributed by atoms with Crippen molar-refractivity contribution in [3.05, 3.63) is 35.8 Å². The van der Waals surface area contributed by atoms with Crippen LogP contribution in [0, 0.1) is 12.7 Å². The van der Waals surface area contributed by atoms with Crippen LogP contribution in [0.25, 0.3) is 10.9 Å². The Balaban J connectivity index is 2.14. The standard InChI is InChI=1S/C15H19FN2S/c1-11-9-15(17-7-3-4-8-19-2)13-10-12(16)5-6-14(13)18-11/h5-6,9-10H,3-4,7-8H2,1-2H3,(H,17,18). The number of aromatic nitrogens is 1. The minimum absolute atomic E-state index is 0.219. The van der Waals surface area contributed by atoms with Crippen molar-refractivity contribution in [2.24, 2.45) is 0 Å². The molecule has 4 heteroatoms. The van der Waals surface area contributed by atoms with E-state index in [0.717, 1.165) is 35.2 Å². The first kappa shape index (κ1) is 14.1. The lowest BCUT2D eigenvalue weighted by Crippen LogP contribution is -2.03. The second kappa shape index (κ2) is 6.75. The largest absolute Gasteiger partial charge is 0.384 e. The van der Waals surface area contributed by atoms with Gasteiger partial charge in [-0.15, -0.1) is 0 Å². The van der Waals surface area contributed by atoms with Crippen molar-refractivity contribution >= 4 is 28.4 Å². The van der Waals surface area contributed by atoms with Crippen molar-refractivity contribution in [2.45, 2.75) is 19.8 Å². The first-order valence-corrected chi connectivity index (χ1v) is 7.90. The number of aryl methyl sites for hydroxylation is 1. The Bertz CT molecular complexity index is 557. The van der Waals surface area contributed by atoms with Gasteiger partial charge in [-0.05, 0) is 56.0 Å². The van der Waals surface area contributed by atoms with Gasteiger partial charge in [0, 0.05) is 23.3 Å². The molecule has 0 saturated carbocycles. The lowest BCUT2D eigenvalue weighted by Gasteiger charge is -2.10. The first-order chi connectivity index (χ1) is 9.20. The Labute approximate surface area is 117 Å². The fourth-order valence-electron chi connectivity index (χ4n) is 2.07. The number of thioether (sulfide) groups is 1. The van der Waals surface area contributed by atoms with E-state index >= 15 is 0 Å². The second-order valence-corrected chi connectivity index (χ2v) is 5.58. The van der Waals surface area contributed by atoms with Gasteiger partial charge in [-0.3, -0.25) is 4.98 Å². The summed E-state index contributed by atoms with van der Waals surface area (Å²) in [6.07, 6.45) is 4.44. The molecule has 0 aliphatic carbocycles. The van der Waals surface area contributed by atoms with Crippen molar-refractivity contribution in [1.29, 1.82) is 0 Å². The fraction of sp³-hybridized carbons (Fsp3) is 0.400. The Morgan fingerprint density at radius 2 is 2.11 bits per heavy atom. The number of nitrogens with zero attached hydrogens (tertiary/aromatic N) is 1. The van der Waals surface area contributed by atoms with Crippen LogP contribution in [0.3, 0.4) is 0 Å². The number of benzene rings is 1. The van der Waals surface area contributed by atoms with Crippen molar-refractivity contribution < 1.29 is 4.39 Å². The smallest absolute Gasteiger partial charge is 0.124 e. The van der Waals surface area contributed by atoms with Crippen LogP contribution < -0.4 is 5.32 Å². The summed E-state index contributed by atoms with van der Waals surface area (Å²) in [5, 5.41) is 4.26. The van der Waals surface area contributed by atoms with Gasteiger partial charge in [-0.1, -0.05) is 0 Å². The van der Waals surface area contributed by atoms with Gasteiger partial charge in [-0.2, -0.15) is 11.8 Å². The van der Waals surface area contributed by atoms with E-state index in [2.05, 4.69) is 16.6 Å². The molecule has 0 radical (unpaired) electrons. The van der Waals surface area contributed by atoms with Crippen LogP contribution in [0.1, 0.15) is 18.5 Å². The molecular weight excluding hydrogens is 259 g/mol. The van der Waals surface area contributed by atoms with Crippen molar-refractivity contribution in [2.75, 3.05) is 23.9 Å². The fourth-order valence-corrected chi connectivity index (χ4v) is 2.56. The zero-order chi connectivity index (χ0) is 13.7. The molecule has 0 saturated heterocycles. The zero-order valence-electron chi connectivity index (χ0n) is 11.4. The number of rotatable bonds is 6. The molecule has 0 amide bonds. The van der Waals surface area contributed by atoms with Crippen molar-refractivity contribution in [1.82, 2.24) is 4.98 Å². The minimum atomic E-state index is -0.219. The Kier molecular flexibility index (Phi) is 5.02.